The largest absolute Gasteiger partial charge is 0.338 e. The normalized spacial score (nSPS) is 16.1. The molecule has 1 amide bonds. The van der Waals surface area contributed by atoms with Crippen molar-refractivity contribution >= 4 is 11.6 Å². The molecule has 23 heavy (non-hydrogen) atoms. The van der Waals surface area contributed by atoms with E-state index in [9.17, 15) is 4.79 Å². The number of aromatic nitrogens is 5. The van der Waals surface area contributed by atoms with E-state index in [4.69, 9.17) is 0 Å². The molecule has 7 nitrogen and oxygen atoms in total. The molecule has 1 aliphatic heterocycles. The van der Waals surface area contributed by atoms with Crippen LogP contribution in [0.5, 0.6) is 0 Å². The molecule has 0 radical (unpaired) electrons. The number of amides is 1. The van der Waals surface area contributed by atoms with Gasteiger partial charge in [-0.3, -0.25) is 9.48 Å². The third-order valence-corrected chi connectivity index (χ3v) is 4.49. The van der Waals surface area contributed by atoms with Gasteiger partial charge in [0, 0.05) is 38.7 Å². The maximum atomic E-state index is 12.7. The number of likely N-dealkylation sites (tertiary alicyclic amines) is 1. The van der Waals surface area contributed by atoms with Crippen LogP contribution in [0.3, 0.4) is 0 Å². The number of aryl methyl sites for hydroxylation is 1. The highest BCUT2D eigenvalue weighted by Crippen LogP contribution is 2.28. The van der Waals surface area contributed by atoms with E-state index in [2.05, 4.69) is 21.4 Å². The average Bonchev–Trinajstić information content (AvgIpc) is 3.21. The fraction of sp³-hybridized carbons (Fsp3) is 0.375. The highest BCUT2D eigenvalue weighted by atomic mass is 16.2. The summed E-state index contributed by atoms with van der Waals surface area (Å²) in [5, 5.41) is 8.43. The molecule has 1 fully saturated rings. The summed E-state index contributed by atoms with van der Waals surface area (Å²) in [6.07, 6.45) is 11.0. The van der Waals surface area contributed by atoms with Crippen molar-refractivity contribution < 1.29 is 4.79 Å². The van der Waals surface area contributed by atoms with E-state index >= 15 is 0 Å². The molecular formula is C16H18N6O. The van der Waals surface area contributed by atoms with Crippen molar-refractivity contribution in [3.63, 3.8) is 0 Å². The zero-order valence-corrected chi connectivity index (χ0v) is 13.0. The number of hydrogen-bond acceptors (Lipinski definition) is 4. The summed E-state index contributed by atoms with van der Waals surface area (Å²) in [7, 11) is 1.93. The number of fused-ring (bicyclic) bond motifs is 1. The Balaban J connectivity index is 1.49. The first-order valence-electron chi connectivity index (χ1n) is 7.78. The predicted octanol–water partition coefficient (Wildman–Crippen LogP) is 1.48. The SMILES string of the molecule is Cn1cc(C2CCN(C(=O)c3cnn4cccnc34)CC2)cn1. The van der Waals surface area contributed by atoms with Crippen LogP contribution < -0.4 is 0 Å². The second-order valence-electron chi connectivity index (χ2n) is 5.96. The zero-order valence-electron chi connectivity index (χ0n) is 13.0. The molecule has 3 aromatic rings. The molecule has 0 N–H and O–H groups in total. The predicted molar refractivity (Wildman–Crippen MR) is 84.1 cm³/mol. The van der Waals surface area contributed by atoms with E-state index in [0.29, 0.717) is 17.1 Å². The van der Waals surface area contributed by atoms with Crippen LogP contribution in [0.4, 0.5) is 0 Å². The van der Waals surface area contributed by atoms with Crippen molar-refractivity contribution in [3.8, 4) is 0 Å². The minimum atomic E-state index is 0.0170. The molecule has 0 aromatic carbocycles. The van der Waals surface area contributed by atoms with Crippen LogP contribution in [0, 0.1) is 0 Å². The monoisotopic (exact) mass is 310 g/mol. The van der Waals surface area contributed by atoms with Crippen molar-refractivity contribution in [1.29, 1.82) is 0 Å². The van der Waals surface area contributed by atoms with Crippen molar-refractivity contribution in [2.24, 2.45) is 7.05 Å². The quantitative estimate of drug-likeness (QED) is 0.719. The average molecular weight is 310 g/mol. The van der Waals surface area contributed by atoms with Gasteiger partial charge in [0.05, 0.1) is 12.4 Å². The lowest BCUT2D eigenvalue weighted by atomic mass is 9.91. The first kappa shape index (κ1) is 13.9. The Morgan fingerprint density at radius 1 is 1.22 bits per heavy atom. The van der Waals surface area contributed by atoms with Crippen LogP contribution in [-0.4, -0.2) is 48.3 Å². The summed E-state index contributed by atoms with van der Waals surface area (Å²) in [6.45, 7) is 1.51. The van der Waals surface area contributed by atoms with Gasteiger partial charge in [0.2, 0.25) is 0 Å². The number of carbonyl (C=O) groups is 1. The number of rotatable bonds is 2. The standard InChI is InChI=1S/C16H18N6O/c1-20-11-13(9-18-20)12-3-7-21(8-4-12)16(23)14-10-19-22-6-2-5-17-15(14)22/h2,5-6,9-12H,3-4,7-8H2,1H3. The van der Waals surface area contributed by atoms with Crippen molar-refractivity contribution in [2.75, 3.05) is 13.1 Å². The Hall–Kier alpha value is -2.70. The molecule has 4 heterocycles. The molecule has 1 saturated heterocycles. The van der Waals surface area contributed by atoms with E-state index in [1.54, 1.807) is 29.2 Å². The van der Waals surface area contributed by atoms with Crippen LogP contribution >= 0.6 is 0 Å². The van der Waals surface area contributed by atoms with E-state index < -0.39 is 0 Å². The van der Waals surface area contributed by atoms with Gasteiger partial charge in [0.15, 0.2) is 5.65 Å². The molecule has 1 aliphatic rings. The first-order chi connectivity index (χ1) is 11.2. The minimum absolute atomic E-state index is 0.0170. The van der Waals surface area contributed by atoms with Crippen LogP contribution in [0.1, 0.15) is 34.7 Å². The molecule has 3 aromatic heterocycles. The van der Waals surface area contributed by atoms with Gasteiger partial charge >= 0.3 is 0 Å². The van der Waals surface area contributed by atoms with Gasteiger partial charge in [-0.1, -0.05) is 0 Å². The van der Waals surface area contributed by atoms with Gasteiger partial charge in [-0.15, -0.1) is 0 Å². The molecular weight excluding hydrogens is 292 g/mol. The second-order valence-corrected chi connectivity index (χ2v) is 5.96. The van der Waals surface area contributed by atoms with Crippen LogP contribution in [0.2, 0.25) is 0 Å². The highest BCUT2D eigenvalue weighted by Gasteiger charge is 2.27. The molecule has 0 atom stereocenters. The molecule has 118 valence electrons. The zero-order chi connectivity index (χ0) is 15.8. The molecule has 0 aliphatic carbocycles. The maximum Gasteiger partial charge on any atom is 0.259 e. The third kappa shape index (κ3) is 2.48. The number of nitrogens with zero attached hydrogens (tertiary/aromatic N) is 6. The second kappa shape index (κ2) is 5.49. The van der Waals surface area contributed by atoms with Gasteiger partial charge in [-0.2, -0.15) is 10.2 Å². The van der Waals surface area contributed by atoms with Crippen LogP contribution in [0.15, 0.2) is 37.1 Å². The van der Waals surface area contributed by atoms with E-state index in [-0.39, 0.29) is 5.91 Å². The Kier molecular flexibility index (Phi) is 3.33. The molecule has 0 spiro atoms. The smallest absolute Gasteiger partial charge is 0.259 e. The topological polar surface area (TPSA) is 68.3 Å². The van der Waals surface area contributed by atoms with Gasteiger partial charge in [-0.05, 0) is 30.4 Å². The summed E-state index contributed by atoms with van der Waals surface area (Å²) in [4.78, 5) is 18.9. The maximum absolute atomic E-state index is 12.7. The highest BCUT2D eigenvalue weighted by molar-refractivity contribution is 5.99. The Morgan fingerprint density at radius 3 is 2.78 bits per heavy atom. The number of piperidine rings is 1. The molecule has 0 unspecified atom stereocenters. The number of hydrogen-bond donors (Lipinski definition) is 0. The molecule has 4 rings (SSSR count). The molecule has 0 saturated carbocycles. The minimum Gasteiger partial charge on any atom is -0.338 e. The van der Waals surface area contributed by atoms with E-state index in [0.717, 1.165) is 25.9 Å². The van der Waals surface area contributed by atoms with Gasteiger partial charge in [0.1, 0.15) is 5.56 Å². The van der Waals surface area contributed by atoms with Gasteiger partial charge in [0.25, 0.3) is 5.91 Å². The van der Waals surface area contributed by atoms with Crippen LogP contribution in [0.25, 0.3) is 5.65 Å². The third-order valence-electron chi connectivity index (χ3n) is 4.49. The van der Waals surface area contributed by atoms with Crippen LogP contribution in [-0.2, 0) is 7.05 Å². The summed E-state index contributed by atoms with van der Waals surface area (Å²) < 4.78 is 3.47. The Labute approximate surface area is 133 Å². The molecule has 7 heteroatoms. The Bertz CT molecular complexity index is 843. The Morgan fingerprint density at radius 2 is 2.04 bits per heavy atom. The van der Waals surface area contributed by atoms with E-state index in [1.807, 2.05) is 22.8 Å². The lowest BCUT2D eigenvalue weighted by molar-refractivity contribution is 0.0714. The number of carbonyl (C=O) groups excluding carboxylic acids is 1. The fourth-order valence-corrected chi connectivity index (χ4v) is 3.22. The summed E-state index contributed by atoms with van der Waals surface area (Å²) in [5.74, 6) is 0.498. The lowest BCUT2D eigenvalue weighted by Crippen LogP contribution is -2.37. The van der Waals surface area contributed by atoms with Crippen molar-refractivity contribution in [2.45, 2.75) is 18.8 Å². The fourth-order valence-electron chi connectivity index (χ4n) is 3.22. The van der Waals surface area contributed by atoms with Crippen molar-refractivity contribution in [1.82, 2.24) is 29.3 Å². The summed E-state index contributed by atoms with van der Waals surface area (Å²) >= 11 is 0. The van der Waals surface area contributed by atoms with Crippen molar-refractivity contribution in [3.05, 3.63) is 48.2 Å². The van der Waals surface area contributed by atoms with Gasteiger partial charge < -0.3 is 4.90 Å². The molecule has 0 bridgehead atoms. The summed E-state index contributed by atoms with van der Waals surface area (Å²) in [5.41, 5.74) is 2.45. The lowest BCUT2D eigenvalue weighted by Gasteiger charge is -2.31. The first-order valence-corrected chi connectivity index (χ1v) is 7.78. The summed E-state index contributed by atoms with van der Waals surface area (Å²) in [6, 6.07) is 1.80. The van der Waals surface area contributed by atoms with Gasteiger partial charge in [-0.25, -0.2) is 9.50 Å². The van der Waals surface area contributed by atoms with E-state index in [1.165, 1.54) is 5.56 Å².